The zero-order chi connectivity index (χ0) is 28.7. The van der Waals surface area contributed by atoms with E-state index in [9.17, 15) is 20.1 Å². The van der Waals surface area contributed by atoms with Gasteiger partial charge in [-0.1, -0.05) is 27.7 Å². The van der Waals surface area contributed by atoms with E-state index < -0.39 is 46.9 Å². The molecular formula is C32H51NO6. The molecular weight excluding hydrogens is 494 g/mol. The summed E-state index contributed by atoms with van der Waals surface area (Å²) in [5.74, 6) is 1.48. The number of allylic oxidation sites excluding steroid dienone is 1. The highest BCUT2D eigenvalue weighted by Crippen LogP contribution is 2.90. The van der Waals surface area contributed by atoms with E-state index in [1.165, 1.54) is 12.5 Å². The molecule has 220 valence electrons. The van der Waals surface area contributed by atoms with Crippen molar-refractivity contribution in [3.8, 4) is 0 Å². The van der Waals surface area contributed by atoms with E-state index in [-0.39, 0.29) is 22.2 Å². The minimum absolute atomic E-state index is 0.122. The summed E-state index contributed by atoms with van der Waals surface area (Å²) in [5, 5.41) is 34.1. The average Bonchev–Trinajstić information content (AvgIpc) is 3.30. The van der Waals surface area contributed by atoms with Gasteiger partial charge in [-0.25, -0.2) is 0 Å². The topological polar surface area (TPSA) is 122 Å². The molecule has 1 unspecified atom stereocenters. The van der Waals surface area contributed by atoms with Crippen LogP contribution in [0, 0.1) is 45.3 Å². The van der Waals surface area contributed by atoms with Gasteiger partial charge >= 0.3 is 5.97 Å². The maximum Gasteiger partial charge on any atom is 0.303 e. The van der Waals surface area contributed by atoms with Crippen LogP contribution >= 0.6 is 0 Å². The molecule has 2 spiro atoms. The van der Waals surface area contributed by atoms with Crippen LogP contribution in [-0.4, -0.2) is 56.8 Å². The number of ether oxygens (including phenoxy) is 2. The summed E-state index contributed by atoms with van der Waals surface area (Å²) < 4.78 is 12.3. The Labute approximate surface area is 233 Å². The fourth-order valence-electron chi connectivity index (χ4n) is 12.2. The van der Waals surface area contributed by atoms with Crippen molar-refractivity contribution in [1.82, 2.24) is 0 Å². The van der Waals surface area contributed by atoms with Crippen LogP contribution in [-0.2, 0) is 14.3 Å². The molecule has 0 aromatic heterocycles. The second kappa shape index (κ2) is 8.02. The van der Waals surface area contributed by atoms with E-state index in [4.69, 9.17) is 15.2 Å². The Kier molecular flexibility index (Phi) is 5.76. The molecule has 4 saturated carbocycles. The summed E-state index contributed by atoms with van der Waals surface area (Å²) in [4.78, 5) is 12.0. The first-order valence-electron chi connectivity index (χ1n) is 15.4. The van der Waals surface area contributed by atoms with Gasteiger partial charge in [-0.15, -0.1) is 0 Å². The third-order valence-electron chi connectivity index (χ3n) is 13.9. The number of hydrogen-bond donors (Lipinski definition) is 4. The van der Waals surface area contributed by atoms with Crippen molar-refractivity contribution in [2.75, 3.05) is 0 Å². The number of aliphatic hydroxyl groups excluding tert-OH is 2. The number of rotatable bonds is 3. The Morgan fingerprint density at radius 3 is 2.28 bits per heavy atom. The lowest BCUT2D eigenvalue weighted by Crippen LogP contribution is -2.64. The van der Waals surface area contributed by atoms with Gasteiger partial charge in [0.2, 0.25) is 0 Å². The Hall–Kier alpha value is -1.15. The van der Waals surface area contributed by atoms with Crippen molar-refractivity contribution >= 4 is 5.97 Å². The summed E-state index contributed by atoms with van der Waals surface area (Å²) in [6.07, 6.45) is 3.91. The number of esters is 1. The zero-order valence-corrected chi connectivity index (χ0v) is 25.2. The molecule has 1 aliphatic heterocycles. The Morgan fingerprint density at radius 1 is 1.05 bits per heavy atom. The maximum atomic E-state index is 12.3. The van der Waals surface area contributed by atoms with Gasteiger partial charge in [0, 0.05) is 23.3 Å². The Balaban J connectivity index is 1.38. The van der Waals surface area contributed by atoms with Gasteiger partial charge in [0.15, 0.2) is 6.10 Å². The van der Waals surface area contributed by atoms with Crippen LogP contribution < -0.4 is 5.73 Å². The van der Waals surface area contributed by atoms with Gasteiger partial charge in [0.1, 0.15) is 18.0 Å². The molecule has 0 aromatic carbocycles. The molecule has 5 N–H and O–H groups in total. The standard InChI is InChI=1S/C32H51NO6/c1-16-15-19(26(27(4,5)37)38-18(3)34)39-24-23(16)28(6)13-14-32-17(2)31(32)12-11-22(35)30(8,33)21(31)10-9-20(32)29(28,7)25(24)36/h16-17,19-22,25-26,35-37H,9-15,33H2,1-8H3/t16-,17-,19-,20+,21+,22+,25+,26-,28-,29-,30?,31-,32+/m1/s1. The minimum atomic E-state index is -1.28. The van der Waals surface area contributed by atoms with Crippen LogP contribution in [0.1, 0.15) is 100 Å². The van der Waals surface area contributed by atoms with Crippen LogP contribution in [0.15, 0.2) is 11.3 Å². The van der Waals surface area contributed by atoms with Crippen molar-refractivity contribution in [2.24, 2.45) is 51.1 Å². The third-order valence-corrected chi connectivity index (χ3v) is 13.9. The molecule has 6 aliphatic rings. The molecule has 0 bridgehead atoms. The first kappa shape index (κ1) is 28.0. The lowest BCUT2D eigenvalue weighted by atomic mass is 9.42. The van der Waals surface area contributed by atoms with Crippen molar-refractivity contribution < 1.29 is 29.6 Å². The largest absolute Gasteiger partial charge is 0.488 e. The highest BCUT2D eigenvalue weighted by molar-refractivity contribution is 5.66. The Morgan fingerprint density at radius 2 is 1.67 bits per heavy atom. The van der Waals surface area contributed by atoms with Gasteiger partial charge in [-0.2, -0.15) is 0 Å². The highest BCUT2D eigenvalue weighted by atomic mass is 16.6. The van der Waals surface area contributed by atoms with Gasteiger partial charge in [0.25, 0.3) is 0 Å². The van der Waals surface area contributed by atoms with Crippen LogP contribution in [0.3, 0.4) is 0 Å². The van der Waals surface area contributed by atoms with Gasteiger partial charge < -0.3 is 30.5 Å². The highest BCUT2D eigenvalue weighted by Gasteiger charge is 2.87. The zero-order valence-electron chi connectivity index (χ0n) is 25.2. The number of nitrogens with two attached hydrogens (primary N) is 1. The number of carbonyl (C=O) groups is 1. The van der Waals surface area contributed by atoms with E-state index in [0.717, 1.165) is 38.5 Å². The predicted octanol–water partition coefficient (Wildman–Crippen LogP) is 4.07. The van der Waals surface area contributed by atoms with E-state index in [1.54, 1.807) is 13.8 Å². The van der Waals surface area contributed by atoms with Gasteiger partial charge in [-0.3, -0.25) is 4.79 Å². The summed E-state index contributed by atoms with van der Waals surface area (Å²) >= 11 is 0. The molecule has 5 aliphatic carbocycles. The molecule has 7 nitrogen and oxygen atoms in total. The van der Waals surface area contributed by atoms with Crippen molar-refractivity contribution in [3.63, 3.8) is 0 Å². The minimum Gasteiger partial charge on any atom is -0.488 e. The first-order valence-corrected chi connectivity index (χ1v) is 15.4. The molecule has 7 heteroatoms. The lowest BCUT2D eigenvalue weighted by molar-refractivity contribution is -0.182. The van der Waals surface area contributed by atoms with Crippen LogP contribution in [0.4, 0.5) is 0 Å². The molecule has 0 saturated heterocycles. The van der Waals surface area contributed by atoms with Crippen molar-refractivity contribution in [2.45, 2.75) is 136 Å². The fraction of sp³-hybridized carbons (Fsp3) is 0.906. The number of carbonyl (C=O) groups excluding carboxylic acids is 1. The third kappa shape index (κ3) is 3.06. The number of fused-ring (bicyclic) bond motifs is 3. The van der Waals surface area contributed by atoms with E-state index in [0.29, 0.717) is 29.9 Å². The molecule has 6 rings (SSSR count). The summed E-state index contributed by atoms with van der Waals surface area (Å²) in [6.45, 7) is 16.0. The van der Waals surface area contributed by atoms with Crippen LogP contribution in [0.5, 0.6) is 0 Å². The lowest BCUT2D eigenvalue weighted by Gasteiger charge is -2.63. The van der Waals surface area contributed by atoms with Crippen LogP contribution in [0.25, 0.3) is 0 Å². The van der Waals surface area contributed by atoms with E-state index >= 15 is 0 Å². The average molecular weight is 546 g/mol. The molecule has 0 aromatic rings. The molecule has 13 atom stereocenters. The molecule has 4 fully saturated rings. The van der Waals surface area contributed by atoms with E-state index in [2.05, 4.69) is 34.6 Å². The molecule has 1 heterocycles. The normalized spacial score (nSPS) is 54.8. The SMILES string of the molecule is CC(=O)O[C@H]([C@H]1C[C@@H](C)C2=C(O1)[C@H](O)[C@@]1(C)[C@@H]3CC[C@H]4C(C)(N)[C@@H](O)CC[C@@]45[C@@H](C)[C@@]35CC[C@]21C)C(C)(C)O. The predicted molar refractivity (Wildman–Crippen MR) is 147 cm³/mol. The first-order chi connectivity index (χ1) is 17.9. The maximum absolute atomic E-state index is 12.3. The fourth-order valence-corrected chi connectivity index (χ4v) is 12.2. The van der Waals surface area contributed by atoms with E-state index in [1.807, 2.05) is 0 Å². The second-order valence-electron chi connectivity index (χ2n) is 15.7. The number of hydrogen-bond acceptors (Lipinski definition) is 7. The van der Waals surface area contributed by atoms with Gasteiger partial charge in [-0.05, 0) is 106 Å². The molecule has 39 heavy (non-hydrogen) atoms. The molecule has 0 amide bonds. The number of aliphatic hydroxyl groups is 3. The summed E-state index contributed by atoms with van der Waals surface area (Å²) in [6, 6.07) is 0. The van der Waals surface area contributed by atoms with Gasteiger partial charge in [0.05, 0.1) is 11.7 Å². The quantitative estimate of drug-likeness (QED) is 0.394. The Bertz CT molecular complexity index is 1110. The summed E-state index contributed by atoms with van der Waals surface area (Å²) in [5.41, 5.74) is 5.92. The smallest absolute Gasteiger partial charge is 0.303 e. The van der Waals surface area contributed by atoms with Crippen LogP contribution in [0.2, 0.25) is 0 Å². The molecule has 0 radical (unpaired) electrons. The second-order valence-corrected chi connectivity index (χ2v) is 15.7. The monoisotopic (exact) mass is 545 g/mol. The van der Waals surface area contributed by atoms with Crippen molar-refractivity contribution in [3.05, 3.63) is 11.3 Å². The summed E-state index contributed by atoms with van der Waals surface area (Å²) in [7, 11) is 0. The van der Waals surface area contributed by atoms with Crippen molar-refractivity contribution in [1.29, 1.82) is 0 Å².